The van der Waals surface area contributed by atoms with Gasteiger partial charge in [0.15, 0.2) is 0 Å². The standard InChI is InChI=1S/C20H36O.CO/c1-15-3-7-17(8-4-15)18-9-13-20(14-10-18)21-19-11-5-16(2)6-12-19;1-2/h15-20H,3-14H2,1-2H3;. The average Bonchev–Trinajstić information content (AvgIpc) is 2.60. The molecule has 0 radical (unpaired) electrons. The van der Waals surface area contributed by atoms with Gasteiger partial charge >= 0.3 is 11.3 Å². The quantitative estimate of drug-likeness (QED) is 0.468. The summed E-state index contributed by atoms with van der Waals surface area (Å²) in [4.78, 5) is 0. The van der Waals surface area contributed by atoms with E-state index >= 15 is 0 Å². The maximum atomic E-state index is 7.50. The van der Waals surface area contributed by atoms with Gasteiger partial charge in [0.25, 0.3) is 0 Å². The van der Waals surface area contributed by atoms with Crippen LogP contribution in [0.25, 0.3) is 0 Å². The fourth-order valence-electron chi connectivity index (χ4n) is 5.09. The zero-order chi connectivity index (χ0) is 16.7. The molecule has 0 atom stereocenters. The summed E-state index contributed by atoms with van der Waals surface area (Å²) in [6.45, 7) is 9.33. The van der Waals surface area contributed by atoms with Gasteiger partial charge in [-0.25, -0.2) is 0 Å². The van der Waals surface area contributed by atoms with E-state index in [4.69, 9.17) is 9.39 Å². The van der Waals surface area contributed by atoms with E-state index < -0.39 is 0 Å². The number of hydrogen-bond acceptors (Lipinski definition) is 1. The normalized spacial score (nSPS) is 41.6. The van der Waals surface area contributed by atoms with Crippen LogP contribution in [0.4, 0.5) is 0 Å². The number of rotatable bonds is 3. The van der Waals surface area contributed by atoms with E-state index in [0.29, 0.717) is 12.2 Å². The third-order valence-corrected chi connectivity index (χ3v) is 6.79. The SMILES string of the molecule is CC1CCC(OC2CCC(C3CCC(C)CC3)CC2)CC1.[C-]#[O+]. The first-order chi connectivity index (χ1) is 11.2. The molecule has 0 aromatic heterocycles. The molecule has 132 valence electrons. The molecule has 0 unspecified atom stereocenters. The van der Waals surface area contributed by atoms with Crippen LogP contribution in [0.5, 0.6) is 0 Å². The van der Waals surface area contributed by atoms with Crippen molar-refractivity contribution in [3.05, 3.63) is 6.65 Å². The van der Waals surface area contributed by atoms with E-state index in [1.54, 1.807) is 0 Å². The molecule has 0 N–H and O–H groups in total. The third-order valence-electron chi connectivity index (χ3n) is 6.79. The van der Waals surface area contributed by atoms with Crippen molar-refractivity contribution in [3.8, 4) is 0 Å². The van der Waals surface area contributed by atoms with E-state index in [1.165, 1.54) is 77.0 Å². The van der Waals surface area contributed by atoms with Crippen LogP contribution in [-0.2, 0) is 9.39 Å². The minimum absolute atomic E-state index is 0.596. The van der Waals surface area contributed by atoms with Gasteiger partial charge in [-0.05, 0) is 87.9 Å². The molecule has 3 aliphatic carbocycles. The fraction of sp³-hybridized carbons (Fsp3) is 0.952. The molecule has 0 bridgehead atoms. The molecule has 0 heterocycles. The topological polar surface area (TPSA) is 29.1 Å². The van der Waals surface area contributed by atoms with Gasteiger partial charge in [-0.15, -0.1) is 0 Å². The molecule has 3 saturated carbocycles. The van der Waals surface area contributed by atoms with Crippen LogP contribution in [-0.4, -0.2) is 12.2 Å². The van der Waals surface area contributed by atoms with Crippen LogP contribution in [0.3, 0.4) is 0 Å². The van der Waals surface area contributed by atoms with Crippen LogP contribution >= 0.6 is 0 Å². The van der Waals surface area contributed by atoms with Crippen LogP contribution in [0.1, 0.15) is 90.9 Å². The molecule has 0 spiro atoms. The van der Waals surface area contributed by atoms with Crippen LogP contribution < -0.4 is 0 Å². The van der Waals surface area contributed by atoms with Crippen LogP contribution in [0.15, 0.2) is 0 Å². The summed E-state index contributed by atoms with van der Waals surface area (Å²) in [5.74, 6) is 4.02. The molecule has 3 aliphatic rings. The number of hydrogen-bond donors (Lipinski definition) is 0. The van der Waals surface area contributed by atoms with Crippen molar-refractivity contribution in [2.24, 2.45) is 23.7 Å². The maximum absolute atomic E-state index is 7.50. The van der Waals surface area contributed by atoms with Crippen LogP contribution in [0, 0.1) is 30.3 Å². The molecular weight excluding hydrogens is 284 g/mol. The predicted molar refractivity (Wildman–Crippen MR) is 93.3 cm³/mol. The van der Waals surface area contributed by atoms with Crippen LogP contribution in [0.2, 0.25) is 0 Å². The van der Waals surface area contributed by atoms with Gasteiger partial charge in [0.2, 0.25) is 0 Å². The zero-order valence-electron chi connectivity index (χ0n) is 15.3. The van der Waals surface area contributed by atoms with Gasteiger partial charge in [0.1, 0.15) is 0 Å². The summed E-state index contributed by atoms with van der Waals surface area (Å²) in [7, 11) is 0. The zero-order valence-corrected chi connectivity index (χ0v) is 15.3. The van der Waals surface area contributed by atoms with Gasteiger partial charge in [0, 0.05) is 0 Å². The summed E-state index contributed by atoms with van der Waals surface area (Å²) in [5, 5.41) is 0. The molecule has 2 nitrogen and oxygen atoms in total. The van der Waals surface area contributed by atoms with Crippen molar-refractivity contribution in [2.45, 2.75) is 103 Å². The fourth-order valence-corrected chi connectivity index (χ4v) is 5.09. The summed E-state index contributed by atoms with van der Waals surface area (Å²) < 4.78 is 13.9. The Bertz CT molecular complexity index is 327. The summed E-state index contributed by atoms with van der Waals surface area (Å²) in [5.41, 5.74) is 0. The third kappa shape index (κ3) is 5.93. The molecule has 0 aliphatic heterocycles. The summed E-state index contributed by atoms with van der Waals surface area (Å²) in [6, 6.07) is 0. The van der Waals surface area contributed by atoms with Gasteiger partial charge in [-0.1, -0.05) is 26.7 Å². The molecule has 3 fully saturated rings. The molecule has 23 heavy (non-hydrogen) atoms. The van der Waals surface area contributed by atoms with Gasteiger partial charge in [-0.2, -0.15) is 0 Å². The molecule has 0 aromatic rings. The Labute approximate surface area is 143 Å². The van der Waals surface area contributed by atoms with Gasteiger partial charge in [0.05, 0.1) is 12.2 Å². The second kappa shape index (κ2) is 9.87. The van der Waals surface area contributed by atoms with E-state index in [-0.39, 0.29) is 0 Å². The Hall–Kier alpha value is -0.300. The monoisotopic (exact) mass is 320 g/mol. The Balaban J connectivity index is 0.000000924. The average molecular weight is 321 g/mol. The summed E-state index contributed by atoms with van der Waals surface area (Å²) >= 11 is 0. The Kier molecular flexibility index (Phi) is 8.16. The van der Waals surface area contributed by atoms with E-state index in [9.17, 15) is 0 Å². The van der Waals surface area contributed by atoms with Crippen molar-refractivity contribution in [1.82, 2.24) is 0 Å². The van der Waals surface area contributed by atoms with Crippen molar-refractivity contribution in [3.63, 3.8) is 0 Å². The molecule has 3 rings (SSSR count). The molecular formula is C21H36O2. The molecule has 0 amide bonds. The predicted octanol–water partition coefficient (Wildman–Crippen LogP) is 5.93. The first-order valence-corrected chi connectivity index (χ1v) is 10.1. The van der Waals surface area contributed by atoms with Crippen molar-refractivity contribution < 1.29 is 9.39 Å². The van der Waals surface area contributed by atoms with Crippen molar-refractivity contribution >= 4 is 0 Å². The second-order valence-electron chi connectivity index (χ2n) is 8.57. The van der Waals surface area contributed by atoms with E-state index in [0.717, 1.165) is 23.7 Å². The van der Waals surface area contributed by atoms with Gasteiger partial charge < -0.3 is 4.74 Å². The Morgan fingerprint density at radius 3 is 1.30 bits per heavy atom. The summed E-state index contributed by atoms with van der Waals surface area (Å²) in [6.07, 6.45) is 18.2. The second-order valence-corrected chi connectivity index (χ2v) is 8.57. The number of ether oxygens (including phenoxy) is 1. The minimum atomic E-state index is 0.596. The van der Waals surface area contributed by atoms with E-state index in [1.807, 2.05) is 0 Å². The van der Waals surface area contributed by atoms with Gasteiger partial charge in [-0.3, -0.25) is 0 Å². The van der Waals surface area contributed by atoms with Crippen molar-refractivity contribution in [2.75, 3.05) is 0 Å². The first-order valence-electron chi connectivity index (χ1n) is 10.1. The Morgan fingerprint density at radius 1 is 0.565 bits per heavy atom. The van der Waals surface area contributed by atoms with E-state index in [2.05, 4.69) is 20.5 Å². The Morgan fingerprint density at radius 2 is 0.870 bits per heavy atom. The molecule has 0 saturated heterocycles. The molecule has 0 aromatic carbocycles. The first kappa shape index (κ1) is 19.0. The van der Waals surface area contributed by atoms with Crippen molar-refractivity contribution in [1.29, 1.82) is 0 Å². The molecule has 2 heteroatoms.